The molecule has 2 aromatic carbocycles. The van der Waals surface area contributed by atoms with Gasteiger partial charge in [-0.15, -0.1) is 0 Å². The Morgan fingerprint density at radius 2 is 1.26 bits per heavy atom. The number of benzene rings is 2. The SMILES string of the molecule is CCCCOC(=O)CCCCCCCCC(=O)Oc1cc(OC)cc(OC)c1C(=O)Cc1ccc(OC)cc1. The van der Waals surface area contributed by atoms with Crippen molar-refractivity contribution in [2.45, 2.75) is 77.6 Å². The molecule has 2 rings (SSSR count). The van der Waals surface area contributed by atoms with Crippen molar-refractivity contribution in [2.24, 2.45) is 0 Å². The predicted molar refractivity (Wildman–Crippen MR) is 149 cm³/mol. The molecule has 0 N–H and O–H groups in total. The fraction of sp³-hybridized carbons (Fsp3) is 0.516. The van der Waals surface area contributed by atoms with E-state index in [4.69, 9.17) is 23.7 Å². The van der Waals surface area contributed by atoms with E-state index in [-0.39, 0.29) is 41.7 Å². The second-order valence-corrected chi connectivity index (χ2v) is 9.32. The van der Waals surface area contributed by atoms with E-state index in [1.165, 1.54) is 20.3 Å². The van der Waals surface area contributed by atoms with Gasteiger partial charge in [0.05, 0.1) is 27.9 Å². The second-order valence-electron chi connectivity index (χ2n) is 9.32. The lowest BCUT2D eigenvalue weighted by molar-refractivity contribution is -0.144. The summed E-state index contributed by atoms with van der Waals surface area (Å²) in [4.78, 5) is 37.5. The van der Waals surface area contributed by atoms with E-state index in [1.807, 2.05) is 12.1 Å². The molecule has 0 aliphatic heterocycles. The number of Topliss-reactive ketones (excluding diaryl/α,β-unsaturated/α-hetero) is 1. The summed E-state index contributed by atoms with van der Waals surface area (Å²) in [6.45, 7) is 2.57. The van der Waals surface area contributed by atoms with Crippen LogP contribution >= 0.6 is 0 Å². The molecule has 214 valence electrons. The normalized spacial score (nSPS) is 10.6. The first-order valence-electron chi connectivity index (χ1n) is 13.7. The predicted octanol–water partition coefficient (Wildman–Crippen LogP) is 6.51. The summed E-state index contributed by atoms with van der Waals surface area (Å²) in [6.07, 6.45) is 8.00. The maximum Gasteiger partial charge on any atom is 0.311 e. The van der Waals surface area contributed by atoms with Gasteiger partial charge in [0.1, 0.15) is 28.6 Å². The van der Waals surface area contributed by atoms with Crippen LogP contribution in [0.25, 0.3) is 0 Å². The number of rotatable bonds is 19. The molecule has 0 unspecified atom stereocenters. The highest BCUT2D eigenvalue weighted by Gasteiger charge is 2.23. The highest BCUT2D eigenvalue weighted by molar-refractivity contribution is 6.03. The van der Waals surface area contributed by atoms with Gasteiger partial charge in [-0.25, -0.2) is 0 Å². The van der Waals surface area contributed by atoms with Crippen molar-refractivity contribution in [1.29, 1.82) is 0 Å². The van der Waals surface area contributed by atoms with Crippen LogP contribution in [0.3, 0.4) is 0 Å². The fourth-order valence-electron chi connectivity index (χ4n) is 4.04. The van der Waals surface area contributed by atoms with Crippen LogP contribution in [0.5, 0.6) is 23.0 Å². The third-order valence-corrected chi connectivity index (χ3v) is 6.29. The van der Waals surface area contributed by atoms with Gasteiger partial charge >= 0.3 is 11.9 Å². The zero-order chi connectivity index (χ0) is 28.5. The lowest BCUT2D eigenvalue weighted by atomic mass is 10.0. The van der Waals surface area contributed by atoms with Gasteiger partial charge in [-0.3, -0.25) is 14.4 Å². The van der Waals surface area contributed by atoms with Gasteiger partial charge < -0.3 is 23.7 Å². The van der Waals surface area contributed by atoms with Crippen LogP contribution < -0.4 is 18.9 Å². The van der Waals surface area contributed by atoms with Gasteiger partial charge in [-0.1, -0.05) is 51.2 Å². The number of hydrogen-bond donors (Lipinski definition) is 0. The van der Waals surface area contributed by atoms with Crippen molar-refractivity contribution >= 4 is 17.7 Å². The fourth-order valence-corrected chi connectivity index (χ4v) is 4.04. The minimum atomic E-state index is -0.418. The number of carbonyl (C=O) groups excluding carboxylic acids is 3. The molecule has 0 saturated carbocycles. The Labute approximate surface area is 231 Å². The summed E-state index contributed by atoms with van der Waals surface area (Å²) in [5.41, 5.74) is 1.00. The van der Waals surface area contributed by atoms with E-state index >= 15 is 0 Å². The van der Waals surface area contributed by atoms with Crippen LogP contribution in [0.1, 0.15) is 87.1 Å². The van der Waals surface area contributed by atoms with E-state index < -0.39 is 5.97 Å². The number of hydrogen-bond acceptors (Lipinski definition) is 8. The summed E-state index contributed by atoms with van der Waals surface area (Å²) < 4.78 is 26.8. The lowest BCUT2D eigenvalue weighted by Gasteiger charge is -2.15. The average molecular weight is 543 g/mol. The molecule has 0 aliphatic rings. The molecule has 0 saturated heterocycles. The van der Waals surface area contributed by atoms with Gasteiger partial charge in [0, 0.05) is 31.4 Å². The standard InChI is InChI=1S/C31H42O8/c1-5-6-19-38-29(33)13-11-9-7-8-10-12-14-30(34)39-28-22-25(36-3)21-27(37-4)31(28)26(32)20-23-15-17-24(35-2)18-16-23/h15-18,21-22H,5-14,19-20H2,1-4H3. The number of carbonyl (C=O) groups is 3. The monoisotopic (exact) mass is 542 g/mol. The Hall–Kier alpha value is -3.55. The highest BCUT2D eigenvalue weighted by atomic mass is 16.5. The molecular weight excluding hydrogens is 500 g/mol. The number of ketones is 1. The summed E-state index contributed by atoms with van der Waals surface area (Å²) >= 11 is 0. The van der Waals surface area contributed by atoms with Crippen LogP contribution in [-0.2, 0) is 20.7 Å². The van der Waals surface area contributed by atoms with E-state index in [9.17, 15) is 14.4 Å². The van der Waals surface area contributed by atoms with Gasteiger partial charge in [0.25, 0.3) is 0 Å². The van der Waals surface area contributed by atoms with Crippen molar-refractivity contribution in [2.75, 3.05) is 27.9 Å². The molecular formula is C31H42O8. The third-order valence-electron chi connectivity index (χ3n) is 6.29. The first-order valence-corrected chi connectivity index (χ1v) is 13.7. The minimum absolute atomic E-state index is 0.105. The Morgan fingerprint density at radius 1 is 0.667 bits per heavy atom. The zero-order valence-corrected chi connectivity index (χ0v) is 23.7. The summed E-state index contributed by atoms with van der Waals surface area (Å²) in [6, 6.07) is 10.3. The van der Waals surface area contributed by atoms with Gasteiger partial charge in [-0.2, -0.15) is 0 Å². The van der Waals surface area contributed by atoms with E-state index in [1.54, 1.807) is 25.3 Å². The number of methoxy groups -OCH3 is 3. The second kappa shape index (κ2) is 17.9. The number of unbranched alkanes of at least 4 members (excludes halogenated alkanes) is 6. The molecule has 39 heavy (non-hydrogen) atoms. The van der Waals surface area contributed by atoms with Gasteiger partial charge in [0.2, 0.25) is 0 Å². The first kappa shape index (κ1) is 31.7. The Kier molecular flexibility index (Phi) is 14.5. The molecule has 0 spiro atoms. The van der Waals surface area contributed by atoms with E-state index in [0.29, 0.717) is 30.9 Å². The minimum Gasteiger partial charge on any atom is -0.497 e. The topological polar surface area (TPSA) is 97.4 Å². The molecule has 2 aromatic rings. The molecule has 0 aromatic heterocycles. The molecule has 0 heterocycles. The Balaban J connectivity index is 1.86. The summed E-state index contributed by atoms with van der Waals surface area (Å²) in [5, 5.41) is 0. The Morgan fingerprint density at radius 3 is 1.85 bits per heavy atom. The van der Waals surface area contributed by atoms with Crippen molar-refractivity contribution in [3.05, 3.63) is 47.5 Å². The summed E-state index contributed by atoms with van der Waals surface area (Å²) in [7, 11) is 4.54. The van der Waals surface area contributed by atoms with Gasteiger partial charge in [0.15, 0.2) is 5.78 Å². The summed E-state index contributed by atoms with van der Waals surface area (Å²) in [5.74, 6) is 0.748. The largest absolute Gasteiger partial charge is 0.497 e. The van der Waals surface area contributed by atoms with Crippen molar-refractivity contribution in [3.63, 3.8) is 0 Å². The average Bonchev–Trinajstić information content (AvgIpc) is 2.94. The van der Waals surface area contributed by atoms with Crippen LogP contribution in [0.15, 0.2) is 36.4 Å². The van der Waals surface area contributed by atoms with Crippen LogP contribution in [-0.4, -0.2) is 45.7 Å². The zero-order valence-electron chi connectivity index (χ0n) is 23.7. The van der Waals surface area contributed by atoms with Crippen LogP contribution in [0, 0.1) is 0 Å². The highest BCUT2D eigenvalue weighted by Crippen LogP contribution is 2.35. The van der Waals surface area contributed by atoms with Crippen LogP contribution in [0.4, 0.5) is 0 Å². The molecule has 0 bridgehead atoms. The van der Waals surface area contributed by atoms with Gasteiger partial charge in [-0.05, 0) is 37.0 Å². The van der Waals surface area contributed by atoms with E-state index in [0.717, 1.165) is 50.5 Å². The maximum atomic E-state index is 13.3. The van der Waals surface area contributed by atoms with Crippen molar-refractivity contribution in [3.8, 4) is 23.0 Å². The van der Waals surface area contributed by atoms with Crippen molar-refractivity contribution in [1.82, 2.24) is 0 Å². The lowest BCUT2D eigenvalue weighted by Crippen LogP contribution is -2.14. The molecule has 0 amide bonds. The molecule has 0 radical (unpaired) electrons. The van der Waals surface area contributed by atoms with Crippen LogP contribution in [0.2, 0.25) is 0 Å². The first-order chi connectivity index (χ1) is 18.9. The third kappa shape index (κ3) is 11.4. The number of ether oxygens (including phenoxy) is 5. The molecule has 0 atom stereocenters. The van der Waals surface area contributed by atoms with E-state index in [2.05, 4.69) is 6.92 Å². The quantitative estimate of drug-likeness (QED) is 0.0858. The molecule has 0 aliphatic carbocycles. The maximum absolute atomic E-state index is 13.3. The molecule has 8 nitrogen and oxygen atoms in total. The van der Waals surface area contributed by atoms with Crippen molar-refractivity contribution < 1.29 is 38.1 Å². The smallest absolute Gasteiger partial charge is 0.311 e. The molecule has 8 heteroatoms. The number of esters is 2. The molecule has 0 fully saturated rings. The Bertz CT molecular complexity index is 1050.